The Labute approximate surface area is 88.1 Å². The molecule has 0 saturated carbocycles. The predicted molar refractivity (Wildman–Crippen MR) is 54.4 cm³/mol. The van der Waals surface area contributed by atoms with Gasteiger partial charge in [-0.15, -0.1) is 0 Å². The Bertz CT molecular complexity index is 339. The molecule has 2 rings (SSSR count). The van der Waals surface area contributed by atoms with Crippen LogP contribution < -0.4 is 4.74 Å². The van der Waals surface area contributed by atoms with Crippen molar-refractivity contribution in [1.29, 1.82) is 0 Å². The summed E-state index contributed by atoms with van der Waals surface area (Å²) in [5.74, 6) is 0.501. The van der Waals surface area contributed by atoms with Gasteiger partial charge in [0.2, 0.25) is 0 Å². The second-order valence-electron chi connectivity index (χ2n) is 3.50. The number of hydrogen-bond acceptors (Lipinski definition) is 3. The first-order valence-electron chi connectivity index (χ1n) is 4.99. The van der Waals surface area contributed by atoms with Crippen molar-refractivity contribution in [3.8, 4) is 5.75 Å². The zero-order chi connectivity index (χ0) is 10.7. The van der Waals surface area contributed by atoms with E-state index in [9.17, 15) is 9.90 Å². The molecule has 1 fully saturated rings. The van der Waals surface area contributed by atoms with Gasteiger partial charge in [0, 0.05) is 6.54 Å². The van der Waals surface area contributed by atoms with Crippen LogP contribution in [0.25, 0.3) is 0 Å². The monoisotopic (exact) mass is 207 g/mol. The fourth-order valence-corrected chi connectivity index (χ4v) is 1.61. The van der Waals surface area contributed by atoms with E-state index in [0.29, 0.717) is 18.7 Å². The average molecular weight is 207 g/mol. The Morgan fingerprint density at radius 1 is 1.40 bits per heavy atom. The van der Waals surface area contributed by atoms with E-state index in [1.807, 2.05) is 6.07 Å². The van der Waals surface area contributed by atoms with Gasteiger partial charge in [0.05, 0.1) is 0 Å². The van der Waals surface area contributed by atoms with E-state index in [-0.39, 0.29) is 0 Å². The second-order valence-corrected chi connectivity index (χ2v) is 3.50. The Kier molecular flexibility index (Phi) is 2.87. The van der Waals surface area contributed by atoms with E-state index >= 15 is 0 Å². The molecule has 0 spiro atoms. The number of aliphatic hydroxyl groups excluding tert-OH is 1. The molecule has 1 aliphatic rings. The Morgan fingerprint density at radius 2 is 2.13 bits per heavy atom. The highest BCUT2D eigenvalue weighted by Gasteiger charge is 2.28. The average Bonchev–Trinajstić information content (AvgIpc) is 2.66. The highest BCUT2D eigenvalue weighted by Crippen LogP contribution is 2.17. The van der Waals surface area contributed by atoms with Crippen LogP contribution in [-0.4, -0.2) is 28.9 Å². The summed E-state index contributed by atoms with van der Waals surface area (Å²) < 4.78 is 5.10. The van der Waals surface area contributed by atoms with Gasteiger partial charge in [-0.2, -0.15) is 0 Å². The minimum Gasteiger partial charge on any atom is -0.410 e. The number of rotatable bonds is 1. The van der Waals surface area contributed by atoms with Crippen molar-refractivity contribution in [2.24, 2.45) is 0 Å². The number of ether oxygens (including phenoxy) is 1. The van der Waals surface area contributed by atoms with Gasteiger partial charge in [0.25, 0.3) is 0 Å². The molecule has 1 saturated heterocycles. The number of nitrogens with zero attached hydrogens (tertiary/aromatic N) is 1. The van der Waals surface area contributed by atoms with Crippen LogP contribution in [0.5, 0.6) is 5.75 Å². The van der Waals surface area contributed by atoms with Crippen molar-refractivity contribution >= 4 is 6.09 Å². The zero-order valence-electron chi connectivity index (χ0n) is 8.30. The van der Waals surface area contributed by atoms with E-state index in [0.717, 1.165) is 6.42 Å². The van der Waals surface area contributed by atoms with Crippen molar-refractivity contribution in [1.82, 2.24) is 4.90 Å². The van der Waals surface area contributed by atoms with Crippen LogP contribution in [0.3, 0.4) is 0 Å². The topological polar surface area (TPSA) is 49.8 Å². The lowest BCUT2D eigenvalue weighted by atomic mass is 10.3. The quantitative estimate of drug-likeness (QED) is 0.761. The molecule has 4 nitrogen and oxygen atoms in total. The Morgan fingerprint density at radius 3 is 2.73 bits per heavy atom. The Balaban J connectivity index is 1.98. The minimum atomic E-state index is -0.693. The van der Waals surface area contributed by atoms with Gasteiger partial charge in [-0.1, -0.05) is 18.2 Å². The van der Waals surface area contributed by atoms with Crippen molar-refractivity contribution in [2.75, 3.05) is 6.54 Å². The van der Waals surface area contributed by atoms with Crippen molar-refractivity contribution < 1.29 is 14.6 Å². The summed E-state index contributed by atoms with van der Waals surface area (Å²) >= 11 is 0. The number of benzene rings is 1. The van der Waals surface area contributed by atoms with Crippen molar-refractivity contribution in [3.63, 3.8) is 0 Å². The fraction of sp³-hybridized carbons (Fsp3) is 0.364. The summed E-state index contributed by atoms with van der Waals surface area (Å²) in [5.41, 5.74) is 0. The van der Waals surface area contributed by atoms with Crippen LogP contribution in [0, 0.1) is 0 Å². The molecule has 4 heteroatoms. The zero-order valence-corrected chi connectivity index (χ0v) is 8.30. The molecular formula is C11H13NO3. The summed E-state index contributed by atoms with van der Waals surface area (Å²) in [7, 11) is 0. The third-order valence-electron chi connectivity index (χ3n) is 2.40. The molecule has 15 heavy (non-hydrogen) atoms. The number of carbonyl (C=O) groups is 1. The third kappa shape index (κ3) is 2.27. The molecule has 0 aliphatic carbocycles. The molecule has 1 aliphatic heterocycles. The molecule has 1 heterocycles. The van der Waals surface area contributed by atoms with Gasteiger partial charge in [-0.25, -0.2) is 4.79 Å². The van der Waals surface area contributed by atoms with Crippen LogP contribution in [0.1, 0.15) is 12.8 Å². The first-order chi connectivity index (χ1) is 7.27. The van der Waals surface area contributed by atoms with Crippen LogP contribution >= 0.6 is 0 Å². The normalized spacial score (nSPS) is 20.3. The van der Waals surface area contributed by atoms with Crippen LogP contribution in [0.2, 0.25) is 0 Å². The van der Waals surface area contributed by atoms with Gasteiger partial charge in [-0.05, 0) is 25.0 Å². The van der Waals surface area contributed by atoms with Gasteiger partial charge in [0.1, 0.15) is 12.0 Å². The molecule has 80 valence electrons. The van der Waals surface area contributed by atoms with E-state index in [1.165, 1.54) is 4.90 Å². The molecule has 0 aromatic heterocycles. The van der Waals surface area contributed by atoms with Crippen molar-refractivity contribution in [2.45, 2.75) is 19.1 Å². The predicted octanol–water partition coefficient (Wildman–Crippen LogP) is 1.60. The second kappa shape index (κ2) is 4.31. The SMILES string of the molecule is O=C(Oc1ccccc1)N1CCCC1O. The maximum Gasteiger partial charge on any atom is 0.417 e. The van der Waals surface area contributed by atoms with E-state index < -0.39 is 12.3 Å². The van der Waals surface area contributed by atoms with Gasteiger partial charge in [-0.3, -0.25) is 4.90 Å². The van der Waals surface area contributed by atoms with Gasteiger partial charge in [0.15, 0.2) is 0 Å². The molecule has 1 atom stereocenters. The minimum absolute atomic E-state index is 0.480. The van der Waals surface area contributed by atoms with Crippen LogP contribution in [0.15, 0.2) is 30.3 Å². The lowest BCUT2D eigenvalue weighted by Crippen LogP contribution is -2.37. The number of carbonyl (C=O) groups excluding carboxylic acids is 1. The molecule has 1 aromatic carbocycles. The highest BCUT2D eigenvalue weighted by molar-refractivity contribution is 5.71. The molecular weight excluding hydrogens is 194 g/mol. The number of likely N-dealkylation sites (tertiary alicyclic amines) is 1. The van der Waals surface area contributed by atoms with Gasteiger partial charge < -0.3 is 9.84 Å². The number of para-hydroxylation sites is 1. The highest BCUT2D eigenvalue weighted by atomic mass is 16.6. The number of hydrogen-bond donors (Lipinski definition) is 1. The molecule has 1 aromatic rings. The van der Waals surface area contributed by atoms with E-state index in [2.05, 4.69) is 0 Å². The maximum absolute atomic E-state index is 11.6. The van der Waals surface area contributed by atoms with Crippen molar-refractivity contribution in [3.05, 3.63) is 30.3 Å². The lowest BCUT2D eigenvalue weighted by molar-refractivity contribution is 0.0442. The Hall–Kier alpha value is -1.55. The molecule has 0 radical (unpaired) electrons. The summed E-state index contributed by atoms with van der Waals surface area (Å²) in [4.78, 5) is 12.9. The van der Waals surface area contributed by atoms with Crippen LogP contribution in [0.4, 0.5) is 4.79 Å². The molecule has 1 amide bonds. The molecule has 1 unspecified atom stereocenters. The van der Waals surface area contributed by atoms with E-state index in [4.69, 9.17) is 4.74 Å². The first-order valence-corrected chi connectivity index (χ1v) is 4.99. The number of aliphatic hydroxyl groups is 1. The standard InChI is InChI=1S/C11H13NO3/c13-10-7-4-8-12(10)11(14)15-9-5-2-1-3-6-9/h1-3,5-6,10,13H,4,7-8H2. The van der Waals surface area contributed by atoms with Gasteiger partial charge >= 0.3 is 6.09 Å². The third-order valence-corrected chi connectivity index (χ3v) is 2.40. The summed E-state index contributed by atoms with van der Waals surface area (Å²) in [6.07, 6.45) is 0.280. The summed E-state index contributed by atoms with van der Waals surface area (Å²) in [5, 5.41) is 9.46. The number of amides is 1. The summed E-state index contributed by atoms with van der Waals surface area (Å²) in [6.45, 7) is 0.562. The summed E-state index contributed by atoms with van der Waals surface area (Å²) in [6, 6.07) is 8.86. The molecule has 1 N–H and O–H groups in total. The lowest BCUT2D eigenvalue weighted by Gasteiger charge is -2.19. The first kappa shape index (κ1) is 9.98. The largest absolute Gasteiger partial charge is 0.417 e. The van der Waals surface area contributed by atoms with Crippen LogP contribution in [-0.2, 0) is 0 Å². The molecule has 0 bridgehead atoms. The smallest absolute Gasteiger partial charge is 0.410 e. The maximum atomic E-state index is 11.6. The van der Waals surface area contributed by atoms with E-state index in [1.54, 1.807) is 24.3 Å². The fourth-order valence-electron chi connectivity index (χ4n) is 1.61.